The fourth-order valence-corrected chi connectivity index (χ4v) is 1.54. The first-order chi connectivity index (χ1) is 9.03. The van der Waals surface area contributed by atoms with Gasteiger partial charge in [-0.05, 0) is 37.6 Å². The Labute approximate surface area is 110 Å². The Morgan fingerprint density at radius 3 is 2.05 bits per heavy atom. The van der Waals surface area contributed by atoms with Crippen molar-refractivity contribution in [1.82, 2.24) is 0 Å². The van der Waals surface area contributed by atoms with E-state index in [0.717, 1.165) is 5.56 Å². The van der Waals surface area contributed by atoms with Crippen LogP contribution in [0.2, 0.25) is 0 Å². The van der Waals surface area contributed by atoms with Crippen molar-refractivity contribution >= 4 is 0 Å². The van der Waals surface area contributed by atoms with Crippen molar-refractivity contribution in [2.24, 2.45) is 5.73 Å². The number of ether oxygens (including phenoxy) is 3. The fraction of sp³-hybridized carbons (Fsp3) is 0.385. The van der Waals surface area contributed by atoms with Gasteiger partial charge in [-0.3, -0.25) is 0 Å². The molecule has 0 radical (unpaired) electrons. The van der Waals surface area contributed by atoms with Crippen LogP contribution in [0.3, 0.4) is 0 Å². The minimum Gasteiger partial charge on any atom is -0.493 e. The topological polar surface area (TPSA) is 53.7 Å². The Morgan fingerprint density at radius 1 is 1.16 bits per heavy atom. The SMILES string of the molecule is COc1cc(CCN)cc(OC)c1OC(C)=C(F)F. The molecule has 1 aromatic carbocycles. The average molecular weight is 273 g/mol. The highest BCUT2D eigenvalue weighted by Gasteiger charge is 2.16. The average Bonchev–Trinajstić information content (AvgIpc) is 2.39. The lowest BCUT2D eigenvalue weighted by Crippen LogP contribution is -2.05. The predicted octanol–water partition coefficient (Wildman–Crippen LogP) is 2.71. The summed E-state index contributed by atoms with van der Waals surface area (Å²) in [5.41, 5.74) is 6.36. The van der Waals surface area contributed by atoms with Gasteiger partial charge >= 0.3 is 6.08 Å². The zero-order valence-corrected chi connectivity index (χ0v) is 11.1. The van der Waals surface area contributed by atoms with Gasteiger partial charge in [0.25, 0.3) is 0 Å². The maximum absolute atomic E-state index is 12.4. The Morgan fingerprint density at radius 2 is 1.68 bits per heavy atom. The van der Waals surface area contributed by atoms with Crippen LogP contribution in [0.4, 0.5) is 8.78 Å². The lowest BCUT2D eigenvalue weighted by atomic mass is 10.1. The Balaban J connectivity index is 3.24. The van der Waals surface area contributed by atoms with Crippen LogP contribution < -0.4 is 19.9 Å². The summed E-state index contributed by atoms with van der Waals surface area (Å²) in [5, 5.41) is 0. The molecule has 0 aliphatic rings. The summed E-state index contributed by atoms with van der Waals surface area (Å²) < 4.78 is 40.3. The van der Waals surface area contributed by atoms with E-state index in [1.165, 1.54) is 21.1 Å². The maximum atomic E-state index is 12.4. The van der Waals surface area contributed by atoms with Crippen LogP contribution in [0, 0.1) is 0 Å². The molecule has 0 saturated heterocycles. The standard InChI is InChI=1S/C13H17F2NO3/c1-8(13(14)15)19-12-10(17-2)6-9(4-5-16)7-11(12)18-3/h6-7H,4-5,16H2,1-3H3. The third-order valence-electron chi connectivity index (χ3n) is 2.47. The van der Waals surface area contributed by atoms with Gasteiger partial charge in [0.15, 0.2) is 17.3 Å². The maximum Gasteiger partial charge on any atom is 0.307 e. The van der Waals surface area contributed by atoms with Gasteiger partial charge in [0, 0.05) is 0 Å². The molecule has 0 spiro atoms. The van der Waals surface area contributed by atoms with E-state index in [0.29, 0.717) is 24.5 Å². The number of allylic oxidation sites excluding steroid dienone is 1. The molecule has 1 rings (SSSR count). The number of rotatable bonds is 6. The van der Waals surface area contributed by atoms with Crippen LogP contribution in [0.1, 0.15) is 12.5 Å². The third kappa shape index (κ3) is 3.82. The summed E-state index contributed by atoms with van der Waals surface area (Å²) in [7, 11) is 2.86. The van der Waals surface area contributed by atoms with Gasteiger partial charge in [-0.15, -0.1) is 0 Å². The first kappa shape index (κ1) is 15.2. The second kappa shape index (κ2) is 6.94. The van der Waals surface area contributed by atoms with Gasteiger partial charge in [0.1, 0.15) is 0 Å². The summed E-state index contributed by atoms with van der Waals surface area (Å²) in [6.07, 6.45) is -1.27. The van der Waals surface area contributed by atoms with Gasteiger partial charge < -0.3 is 19.9 Å². The third-order valence-corrected chi connectivity index (χ3v) is 2.47. The highest BCUT2D eigenvalue weighted by atomic mass is 19.3. The number of hydrogen-bond donors (Lipinski definition) is 1. The first-order valence-corrected chi connectivity index (χ1v) is 5.68. The van der Waals surface area contributed by atoms with Crippen molar-refractivity contribution in [3.63, 3.8) is 0 Å². The van der Waals surface area contributed by atoms with E-state index in [9.17, 15) is 8.78 Å². The van der Waals surface area contributed by atoms with Crippen LogP contribution in [0.5, 0.6) is 17.2 Å². The van der Waals surface area contributed by atoms with Crippen molar-refractivity contribution in [1.29, 1.82) is 0 Å². The molecule has 0 fully saturated rings. The molecular weight excluding hydrogens is 256 g/mol. The van der Waals surface area contributed by atoms with Crippen LogP contribution in [0.25, 0.3) is 0 Å². The van der Waals surface area contributed by atoms with E-state index in [2.05, 4.69) is 0 Å². The summed E-state index contributed by atoms with van der Waals surface area (Å²) in [5.74, 6) is 0.269. The molecule has 1 aromatic rings. The lowest BCUT2D eigenvalue weighted by molar-refractivity contribution is 0.297. The summed E-state index contributed by atoms with van der Waals surface area (Å²) in [4.78, 5) is 0. The monoisotopic (exact) mass is 273 g/mol. The molecule has 0 bridgehead atoms. The number of methoxy groups -OCH3 is 2. The fourth-order valence-electron chi connectivity index (χ4n) is 1.54. The molecule has 0 saturated carbocycles. The molecule has 2 N–H and O–H groups in total. The normalized spacial score (nSPS) is 10.0. The van der Waals surface area contributed by atoms with E-state index in [1.807, 2.05) is 0 Å². The van der Waals surface area contributed by atoms with Gasteiger partial charge in [-0.25, -0.2) is 0 Å². The van der Waals surface area contributed by atoms with Crippen molar-refractivity contribution in [2.75, 3.05) is 20.8 Å². The molecule has 0 aliphatic heterocycles. The largest absolute Gasteiger partial charge is 0.493 e. The molecule has 0 aliphatic carbocycles. The summed E-state index contributed by atoms with van der Waals surface area (Å²) >= 11 is 0. The van der Waals surface area contributed by atoms with E-state index < -0.39 is 11.8 Å². The first-order valence-electron chi connectivity index (χ1n) is 5.68. The van der Waals surface area contributed by atoms with Crippen LogP contribution >= 0.6 is 0 Å². The predicted molar refractivity (Wildman–Crippen MR) is 67.8 cm³/mol. The minimum absolute atomic E-state index is 0.121. The molecule has 106 valence electrons. The number of benzene rings is 1. The lowest BCUT2D eigenvalue weighted by Gasteiger charge is -2.15. The van der Waals surface area contributed by atoms with E-state index in [1.54, 1.807) is 12.1 Å². The number of nitrogens with two attached hydrogens (primary N) is 1. The van der Waals surface area contributed by atoms with Gasteiger partial charge in [-0.1, -0.05) is 0 Å². The molecule has 0 atom stereocenters. The second-order valence-electron chi connectivity index (χ2n) is 3.79. The molecule has 19 heavy (non-hydrogen) atoms. The quantitative estimate of drug-likeness (QED) is 0.810. The Bertz CT molecular complexity index is 446. The van der Waals surface area contributed by atoms with E-state index >= 15 is 0 Å². The molecule has 6 heteroatoms. The number of halogens is 2. The molecule has 4 nitrogen and oxygen atoms in total. The zero-order chi connectivity index (χ0) is 14.4. The van der Waals surface area contributed by atoms with E-state index in [4.69, 9.17) is 19.9 Å². The minimum atomic E-state index is -1.89. The Hall–Kier alpha value is -1.82. The van der Waals surface area contributed by atoms with Crippen molar-refractivity contribution < 1.29 is 23.0 Å². The molecule has 0 aromatic heterocycles. The van der Waals surface area contributed by atoms with Crippen LogP contribution in [-0.4, -0.2) is 20.8 Å². The van der Waals surface area contributed by atoms with Crippen molar-refractivity contribution in [2.45, 2.75) is 13.3 Å². The van der Waals surface area contributed by atoms with Gasteiger partial charge in [0.2, 0.25) is 5.75 Å². The smallest absolute Gasteiger partial charge is 0.307 e. The van der Waals surface area contributed by atoms with Crippen molar-refractivity contribution in [3.05, 3.63) is 29.5 Å². The molecular formula is C13H17F2NO3. The zero-order valence-electron chi connectivity index (χ0n) is 11.1. The highest BCUT2D eigenvalue weighted by molar-refractivity contribution is 5.54. The highest BCUT2D eigenvalue weighted by Crippen LogP contribution is 2.40. The van der Waals surface area contributed by atoms with E-state index in [-0.39, 0.29) is 5.75 Å². The van der Waals surface area contributed by atoms with Gasteiger partial charge in [-0.2, -0.15) is 8.78 Å². The van der Waals surface area contributed by atoms with Gasteiger partial charge in [0.05, 0.1) is 14.2 Å². The molecule has 0 unspecified atom stereocenters. The van der Waals surface area contributed by atoms with Crippen LogP contribution in [0.15, 0.2) is 24.0 Å². The molecule has 0 heterocycles. The molecule has 0 amide bonds. The summed E-state index contributed by atoms with van der Waals surface area (Å²) in [6.45, 7) is 1.63. The Kier molecular flexibility index (Phi) is 5.57. The second-order valence-corrected chi connectivity index (χ2v) is 3.79. The summed E-state index contributed by atoms with van der Waals surface area (Å²) in [6, 6.07) is 3.38. The number of hydrogen-bond acceptors (Lipinski definition) is 4. The van der Waals surface area contributed by atoms with Crippen LogP contribution in [-0.2, 0) is 6.42 Å². The van der Waals surface area contributed by atoms with Crippen molar-refractivity contribution in [3.8, 4) is 17.2 Å².